The van der Waals surface area contributed by atoms with E-state index in [1.807, 2.05) is 13.2 Å². The molecule has 0 radical (unpaired) electrons. The molecule has 0 unspecified atom stereocenters. The van der Waals surface area contributed by atoms with Gasteiger partial charge in [0.2, 0.25) is 0 Å². The summed E-state index contributed by atoms with van der Waals surface area (Å²) in [4.78, 5) is 12.0. The van der Waals surface area contributed by atoms with E-state index in [4.69, 9.17) is 9.15 Å². The van der Waals surface area contributed by atoms with Gasteiger partial charge in [0.1, 0.15) is 11.9 Å². The van der Waals surface area contributed by atoms with Crippen molar-refractivity contribution in [3.63, 3.8) is 0 Å². The molecule has 0 saturated heterocycles. The topological polar surface area (TPSA) is 69.3 Å². The van der Waals surface area contributed by atoms with Crippen molar-refractivity contribution in [2.24, 2.45) is 7.05 Å². The summed E-state index contributed by atoms with van der Waals surface area (Å²) in [7, 11) is 1.89. The summed E-state index contributed by atoms with van der Waals surface area (Å²) in [6, 6.07) is 1.67. The summed E-state index contributed by atoms with van der Waals surface area (Å²) in [5.41, 5.74) is 2.67. The lowest BCUT2D eigenvalue weighted by Crippen LogP contribution is -2.32. The Kier molecular flexibility index (Phi) is 3.31. The van der Waals surface area contributed by atoms with Crippen LogP contribution in [0.25, 0.3) is 0 Å². The Bertz CT molecular complexity index is 629. The number of carbonyl (C=O) groups excluding carboxylic acids is 1. The molecule has 1 aliphatic heterocycles. The highest BCUT2D eigenvalue weighted by Gasteiger charge is 2.25. The maximum Gasteiger partial charge on any atom is 0.254 e. The Balaban J connectivity index is 1.68. The van der Waals surface area contributed by atoms with E-state index in [0.29, 0.717) is 24.5 Å². The van der Waals surface area contributed by atoms with E-state index in [0.717, 1.165) is 12.1 Å². The number of aromatic nitrogens is 2. The van der Waals surface area contributed by atoms with Crippen LogP contribution in [-0.2, 0) is 18.2 Å². The van der Waals surface area contributed by atoms with Crippen molar-refractivity contribution >= 4 is 5.91 Å². The third-order valence-electron chi connectivity index (χ3n) is 3.48. The van der Waals surface area contributed by atoms with Gasteiger partial charge in [-0.2, -0.15) is 5.10 Å². The van der Waals surface area contributed by atoms with Crippen LogP contribution in [0.5, 0.6) is 0 Å². The second kappa shape index (κ2) is 5.13. The van der Waals surface area contributed by atoms with Crippen molar-refractivity contribution in [1.82, 2.24) is 15.1 Å². The fraction of sp³-hybridized carbons (Fsp3) is 0.429. The van der Waals surface area contributed by atoms with Gasteiger partial charge in [-0.15, -0.1) is 0 Å². The molecule has 1 amide bonds. The van der Waals surface area contributed by atoms with Crippen molar-refractivity contribution in [2.45, 2.75) is 19.4 Å². The molecular weight excluding hydrogens is 258 g/mol. The number of fused-ring (bicyclic) bond motifs is 1. The quantitative estimate of drug-likeness (QED) is 0.918. The minimum Gasteiger partial charge on any atom is -0.469 e. The highest BCUT2D eigenvalue weighted by atomic mass is 16.5. The second-order valence-corrected chi connectivity index (χ2v) is 4.92. The molecule has 1 N–H and O–H groups in total. The summed E-state index contributed by atoms with van der Waals surface area (Å²) < 4.78 is 12.6. The summed E-state index contributed by atoms with van der Waals surface area (Å²) in [5.74, 6) is 0.466. The van der Waals surface area contributed by atoms with E-state index < -0.39 is 0 Å². The largest absolute Gasteiger partial charge is 0.469 e. The Hall–Kier alpha value is -2.08. The van der Waals surface area contributed by atoms with Crippen LogP contribution in [-0.4, -0.2) is 28.8 Å². The van der Waals surface area contributed by atoms with E-state index in [9.17, 15) is 4.79 Å². The first kappa shape index (κ1) is 12.9. The van der Waals surface area contributed by atoms with E-state index in [1.165, 1.54) is 11.8 Å². The van der Waals surface area contributed by atoms with Gasteiger partial charge in [-0.25, -0.2) is 0 Å². The first-order valence-corrected chi connectivity index (χ1v) is 6.61. The molecule has 0 spiro atoms. The number of carbonyl (C=O) groups is 1. The summed E-state index contributed by atoms with van der Waals surface area (Å²) >= 11 is 0. The number of rotatable bonds is 3. The third kappa shape index (κ3) is 2.34. The molecule has 0 saturated carbocycles. The second-order valence-electron chi connectivity index (χ2n) is 4.92. The molecule has 0 bridgehead atoms. The van der Waals surface area contributed by atoms with Crippen LogP contribution in [0.15, 0.2) is 22.9 Å². The molecular formula is C14H17N3O3. The van der Waals surface area contributed by atoms with Gasteiger partial charge in [-0.05, 0) is 25.0 Å². The average Bonchev–Trinajstić information content (AvgIpc) is 3.00. The van der Waals surface area contributed by atoms with Gasteiger partial charge in [0.05, 0.1) is 24.1 Å². The van der Waals surface area contributed by atoms with E-state index >= 15 is 0 Å². The summed E-state index contributed by atoms with van der Waals surface area (Å²) in [5, 5.41) is 7.29. The third-order valence-corrected chi connectivity index (χ3v) is 3.48. The van der Waals surface area contributed by atoms with Gasteiger partial charge in [-0.1, -0.05) is 0 Å². The van der Waals surface area contributed by atoms with E-state index in [-0.39, 0.29) is 12.0 Å². The minimum absolute atomic E-state index is 0.150. The smallest absolute Gasteiger partial charge is 0.254 e. The van der Waals surface area contributed by atoms with Crippen LogP contribution >= 0.6 is 0 Å². The summed E-state index contributed by atoms with van der Waals surface area (Å²) in [6.45, 7) is 2.83. The molecule has 2 aromatic heterocycles. The van der Waals surface area contributed by atoms with Crippen LogP contribution < -0.4 is 5.32 Å². The molecule has 106 valence electrons. The Morgan fingerprint density at radius 3 is 3.20 bits per heavy atom. The standard InChI is InChI=1S/C14H17N3O3/c1-9-11(4-6-19-9)14(18)15-7-12-13-10(3-5-20-12)8-17(2)16-13/h4,6,8,12H,3,5,7H2,1-2H3,(H,15,18)/t12-/m1/s1. The van der Waals surface area contributed by atoms with Crippen LogP contribution in [0.4, 0.5) is 0 Å². The number of aryl methyl sites for hydroxylation is 2. The predicted octanol–water partition coefficient (Wildman–Crippen LogP) is 1.37. The lowest BCUT2D eigenvalue weighted by Gasteiger charge is -2.22. The number of hydrogen-bond acceptors (Lipinski definition) is 4. The zero-order valence-corrected chi connectivity index (χ0v) is 11.5. The van der Waals surface area contributed by atoms with Crippen molar-refractivity contribution < 1.29 is 13.9 Å². The van der Waals surface area contributed by atoms with Gasteiger partial charge in [0, 0.05) is 19.8 Å². The lowest BCUT2D eigenvalue weighted by molar-refractivity contribution is 0.0383. The van der Waals surface area contributed by atoms with Crippen LogP contribution in [0, 0.1) is 6.92 Å². The van der Waals surface area contributed by atoms with E-state index in [2.05, 4.69) is 10.4 Å². The molecule has 6 heteroatoms. The number of amides is 1. The molecule has 3 heterocycles. The van der Waals surface area contributed by atoms with Crippen LogP contribution in [0.3, 0.4) is 0 Å². The normalized spacial score (nSPS) is 17.8. The van der Waals surface area contributed by atoms with Crippen LogP contribution in [0.2, 0.25) is 0 Å². The van der Waals surface area contributed by atoms with Crippen molar-refractivity contribution in [2.75, 3.05) is 13.2 Å². The van der Waals surface area contributed by atoms with Gasteiger partial charge in [0.15, 0.2) is 0 Å². The Morgan fingerprint density at radius 2 is 2.45 bits per heavy atom. The fourth-order valence-electron chi connectivity index (χ4n) is 2.47. The molecule has 3 rings (SSSR count). The lowest BCUT2D eigenvalue weighted by atomic mass is 10.1. The highest BCUT2D eigenvalue weighted by Crippen LogP contribution is 2.24. The van der Waals surface area contributed by atoms with Gasteiger partial charge in [0.25, 0.3) is 5.91 Å². The Morgan fingerprint density at radius 1 is 1.60 bits per heavy atom. The van der Waals surface area contributed by atoms with Crippen molar-refractivity contribution in [3.05, 3.63) is 41.1 Å². The zero-order chi connectivity index (χ0) is 14.1. The molecule has 1 atom stereocenters. The maximum atomic E-state index is 12.0. The number of furan rings is 1. The van der Waals surface area contributed by atoms with E-state index in [1.54, 1.807) is 17.7 Å². The number of nitrogens with zero attached hydrogens (tertiary/aromatic N) is 2. The molecule has 0 aliphatic carbocycles. The molecule has 1 aliphatic rings. The molecule has 2 aromatic rings. The number of nitrogens with one attached hydrogen (secondary N) is 1. The van der Waals surface area contributed by atoms with Gasteiger partial charge >= 0.3 is 0 Å². The number of ether oxygens (including phenoxy) is 1. The Labute approximate surface area is 116 Å². The summed E-state index contributed by atoms with van der Waals surface area (Å²) in [6.07, 6.45) is 4.20. The van der Waals surface area contributed by atoms with Gasteiger partial charge in [-0.3, -0.25) is 9.48 Å². The van der Waals surface area contributed by atoms with Crippen LogP contribution in [0.1, 0.15) is 33.5 Å². The molecule has 0 aromatic carbocycles. The minimum atomic E-state index is -0.184. The average molecular weight is 275 g/mol. The molecule has 6 nitrogen and oxygen atoms in total. The van der Waals surface area contributed by atoms with Crippen molar-refractivity contribution in [3.8, 4) is 0 Å². The SMILES string of the molecule is Cc1occc1C(=O)NC[C@H]1OCCc2cn(C)nc21. The first-order valence-electron chi connectivity index (χ1n) is 6.61. The monoisotopic (exact) mass is 275 g/mol. The fourth-order valence-corrected chi connectivity index (χ4v) is 2.47. The molecule has 20 heavy (non-hydrogen) atoms. The predicted molar refractivity (Wildman–Crippen MR) is 71.4 cm³/mol. The maximum absolute atomic E-state index is 12.0. The molecule has 0 fully saturated rings. The first-order chi connectivity index (χ1) is 9.65. The number of hydrogen-bond donors (Lipinski definition) is 1. The zero-order valence-electron chi connectivity index (χ0n) is 11.5. The van der Waals surface area contributed by atoms with Crippen molar-refractivity contribution in [1.29, 1.82) is 0 Å². The highest BCUT2D eigenvalue weighted by molar-refractivity contribution is 5.95. The van der Waals surface area contributed by atoms with Gasteiger partial charge < -0.3 is 14.5 Å².